The van der Waals surface area contributed by atoms with E-state index in [1.807, 2.05) is 18.4 Å². The summed E-state index contributed by atoms with van der Waals surface area (Å²) in [5, 5.41) is 0.969. The molecule has 16 heavy (non-hydrogen) atoms. The number of nitrogens with zero attached hydrogens (tertiary/aromatic N) is 1. The van der Waals surface area contributed by atoms with Crippen molar-refractivity contribution in [2.45, 2.75) is 24.0 Å². The van der Waals surface area contributed by atoms with Crippen LogP contribution in [-0.4, -0.2) is 30.6 Å². The van der Waals surface area contributed by atoms with E-state index >= 15 is 0 Å². The van der Waals surface area contributed by atoms with Gasteiger partial charge in [-0.1, -0.05) is 0 Å². The maximum atomic E-state index is 5.92. The zero-order valence-electron chi connectivity index (χ0n) is 9.11. The average molecular weight is 304 g/mol. The number of thioether (sulfide) groups is 1. The van der Waals surface area contributed by atoms with Crippen LogP contribution in [0.5, 0.6) is 5.75 Å². The topological polar surface area (TPSA) is 31.4 Å². The molecule has 0 bridgehead atoms. The van der Waals surface area contributed by atoms with Gasteiger partial charge in [-0.15, -0.1) is 11.8 Å². The highest BCUT2D eigenvalue weighted by Crippen LogP contribution is 2.25. The zero-order valence-corrected chi connectivity index (χ0v) is 11.5. The first kappa shape index (κ1) is 12.2. The molecule has 2 heterocycles. The maximum Gasteiger partial charge on any atom is 0.125 e. The van der Waals surface area contributed by atoms with Gasteiger partial charge in [0, 0.05) is 25.0 Å². The molecule has 1 saturated heterocycles. The van der Waals surface area contributed by atoms with Gasteiger partial charge in [-0.25, -0.2) is 4.98 Å². The minimum Gasteiger partial charge on any atom is -0.490 e. The van der Waals surface area contributed by atoms with Gasteiger partial charge in [0.25, 0.3) is 0 Å². The second-order valence-corrected chi connectivity index (χ2v) is 5.24. The first-order valence-corrected chi connectivity index (χ1v) is 7.25. The second-order valence-electron chi connectivity index (χ2n) is 3.60. The Hall–Kier alpha value is -0.260. The first-order valence-electron chi connectivity index (χ1n) is 5.24. The Balaban J connectivity index is 2.04. The maximum absolute atomic E-state index is 5.92. The molecule has 0 aromatic carbocycles. The van der Waals surface area contributed by atoms with Crippen molar-refractivity contribution in [1.82, 2.24) is 4.98 Å². The van der Waals surface area contributed by atoms with Crippen LogP contribution in [0.1, 0.15) is 12.8 Å². The molecule has 0 amide bonds. The molecule has 0 unspecified atom stereocenters. The van der Waals surface area contributed by atoms with Crippen molar-refractivity contribution < 1.29 is 9.47 Å². The van der Waals surface area contributed by atoms with Crippen molar-refractivity contribution in [3.63, 3.8) is 0 Å². The molecule has 88 valence electrons. The van der Waals surface area contributed by atoms with Crippen molar-refractivity contribution in [1.29, 1.82) is 0 Å². The third-order valence-electron chi connectivity index (χ3n) is 2.42. The Labute approximate surface area is 108 Å². The van der Waals surface area contributed by atoms with Crippen LogP contribution in [0.15, 0.2) is 21.8 Å². The molecule has 1 aromatic heterocycles. The Bertz CT molecular complexity index is 356. The molecule has 5 heteroatoms. The van der Waals surface area contributed by atoms with Crippen LogP contribution in [0.4, 0.5) is 0 Å². The average Bonchev–Trinajstić information content (AvgIpc) is 2.29. The number of hydrogen-bond donors (Lipinski definition) is 0. The first-order chi connectivity index (χ1) is 7.78. The number of ether oxygens (including phenoxy) is 2. The third kappa shape index (κ3) is 3.37. The predicted molar refractivity (Wildman–Crippen MR) is 68.2 cm³/mol. The lowest BCUT2D eigenvalue weighted by Gasteiger charge is -2.23. The monoisotopic (exact) mass is 303 g/mol. The highest BCUT2D eigenvalue weighted by atomic mass is 79.9. The standard InChI is InChI=1S/C11H14BrNO2S/c1-16-11-7-9(6-10(12)13-11)15-8-2-4-14-5-3-8/h6-8H,2-5H2,1H3. The molecular weight excluding hydrogens is 290 g/mol. The molecule has 1 aromatic rings. The lowest BCUT2D eigenvalue weighted by Crippen LogP contribution is -2.25. The highest BCUT2D eigenvalue weighted by molar-refractivity contribution is 9.10. The lowest BCUT2D eigenvalue weighted by atomic mass is 10.1. The number of halogens is 1. The van der Waals surface area contributed by atoms with E-state index in [0.29, 0.717) is 0 Å². The molecule has 1 aliphatic heterocycles. The van der Waals surface area contributed by atoms with Crippen LogP contribution >= 0.6 is 27.7 Å². The minimum absolute atomic E-state index is 0.276. The van der Waals surface area contributed by atoms with Crippen LogP contribution in [0.3, 0.4) is 0 Å². The van der Waals surface area contributed by atoms with E-state index in [1.54, 1.807) is 11.8 Å². The number of hydrogen-bond acceptors (Lipinski definition) is 4. The van der Waals surface area contributed by atoms with Crippen LogP contribution in [0.2, 0.25) is 0 Å². The van der Waals surface area contributed by atoms with Crippen LogP contribution < -0.4 is 4.74 Å². The van der Waals surface area contributed by atoms with Gasteiger partial charge >= 0.3 is 0 Å². The summed E-state index contributed by atoms with van der Waals surface area (Å²) in [6, 6.07) is 3.89. The number of rotatable bonds is 3. The van der Waals surface area contributed by atoms with Gasteiger partial charge in [0.15, 0.2) is 0 Å². The van der Waals surface area contributed by atoms with Crippen LogP contribution in [0, 0.1) is 0 Å². The number of pyridine rings is 1. The third-order valence-corrected chi connectivity index (χ3v) is 3.46. The highest BCUT2D eigenvalue weighted by Gasteiger charge is 2.15. The van der Waals surface area contributed by atoms with E-state index in [0.717, 1.165) is 41.4 Å². The lowest BCUT2D eigenvalue weighted by molar-refractivity contribution is 0.0254. The summed E-state index contributed by atoms with van der Waals surface area (Å²) in [6.45, 7) is 1.60. The summed E-state index contributed by atoms with van der Waals surface area (Å²) in [5.41, 5.74) is 0. The van der Waals surface area contributed by atoms with Gasteiger partial charge in [-0.2, -0.15) is 0 Å². The summed E-state index contributed by atoms with van der Waals surface area (Å²) in [6.07, 6.45) is 4.22. The van der Waals surface area contributed by atoms with E-state index in [4.69, 9.17) is 9.47 Å². The van der Waals surface area contributed by atoms with E-state index in [2.05, 4.69) is 20.9 Å². The van der Waals surface area contributed by atoms with Crippen LogP contribution in [0.25, 0.3) is 0 Å². The summed E-state index contributed by atoms with van der Waals surface area (Å²) in [7, 11) is 0. The zero-order chi connectivity index (χ0) is 11.4. The van der Waals surface area contributed by atoms with Crippen molar-refractivity contribution in [2.75, 3.05) is 19.5 Å². The minimum atomic E-state index is 0.276. The van der Waals surface area contributed by atoms with Gasteiger partial charge in [0.2, 0.25) is 0 Å². The molecule has 0 saturated carbocycles. The van der Waals surface area contributed by atoms with Gasteiger partial charge < -0.3 is 9.47 Å². The fraction of sp³-hybridized carbons (Fsp3) is 0.545. The van der Waals surface area contributed by atoms with E-state index in [9.17, 15) is 0 Å². The summed E-state index contributed by atoms with van der Waals surface area (Å²) in [4.78, 5) is 4.32. The van der Waals surface area contributed by atoms with E-state index in [-0.39, 0.29) is 6.10 Å². The Morgan fingerprint density at radius 1 is 1.44 bits per heavy atom. The molecule has 0 atom stereocenters. The summed E-state index contributed by atoms with van der Waals surface area (Å²) in [5.74, 6) is 0.887. The SMILES string of the molecule is CSc1cc(OC2CCOCC2)cc(Br)n1. The normalized spacial score (nSPS) is 17.4. The molecule has 1 fully saturated rings. The van der Waals surface area contributed by atoms with Gasteiger partial charge in [0.05, 0.1) is 13.2 Å². The van der Waals surface area contributed by atoms with Crippen molar-refractivity contribution in [3.8, 4) is 5.75 Å². The number of aromatic nitrogens is 1. The molecule has 0 radical (unpaired) electrons. The molecule has 3 nitrogen and oxygen atoms in total. The van der Waals surface area contributed by atoms with Crippen molar-refractivity contribution in [3.05, 3.63) is 16.7 Å². The molecule has 0 aliphatic carbocycles. The van der Waals surface area contributed by atoms with E-state index in [1.165, 1.54) is 0 Å². The molecule has 0 N–H and O–H groups in total. The second kappa shape index (κ2) is 5.89. The Morgan fingerprint density at radius 2 is 2.19 bits per heavy atom. The van der Waals surface area contributed by atoms with Crippen LogP contribution in [-0.2, 0) is 4.74 Å². The molecule has 1 aliphatic rings. The van der Waals surface area contributed by atoms with Gasteiger partial charge in [0.1, 0.15) is 21.5 Å². The molecule has 0 spiro atoms. The summed E-state index contributed by atoms with van der Waals surface area (Å²) < 4.78 is 12.0. The van der Waals surface area contributed by atoms with Crippen molar-refractivity contribution >= 4 is 27.7 Å². The Morgan fingerprint density at radius 3 is 2.88 bits per heavy atom. The largest absolute Gasteiger partial charge is 0.490 e. The van der Waals surface area contributed by atoms with Gasteiger partial charge in [-0.3, -0.25) is 0 Å². The fourth-order valence-electron chi connectivity index (χ4n) is 1.61. The molecule has 2 rings (SSSR count). The fourth-order valence-corrected chi connectivity index (χ4v) is 2.57. The van der Waals surface area contributed by atoms with Gasteiger partial charge in [-0.05, 0) is 22.2 Å². The smallest absolute Gasteiger partial charge is 0.125 e. The predicted octanol–water partition coefficient (Wildman–Crippen LogP) is 3.12. The summed E-state index contributed by atoms with van der Waals surface area (Å²) >= 11 is 5.00. The van der Waals surface area contributed by atoms with Crippen molar-refractivity contribution in [2.24, 2.45) is 0 Å². The quantitative estimate of drug-likeness (QED) is 0.634. The van der Waals surface area contributed by atoms with E-state index < -0.39 is 0 Å². The molecular formula is C11H14BrNO2S. The Kier molecular flexibility index (Phi) is 4.49.